The first kappa shape index (κ1) is 9.88. The maximum absolute atomic E-state index is 9.00. The highest BCUT2D eigenvalue weighted by Gasteiger charge is 2.15. The Morgan fingerprint density at radius 3 is 2.80 bits per heavy atom. The number of ether oxygens (including phenoxy) is 1. The van der Waals surface area contributed by atoms with E-state index in [0.717, 1.165) is 16.7 Å². The molecule has 2 rings (SSSR count). The van der Waals surface area contributed by atoms with Crippen LogP contribution in [-0.4, -0.2) is 11.7 Å². The molecule has 0 fully saturated rings. The minimum atomic E-state index is 0.442. The maximum Gasteiger partial charge on any atom is 0.143 e. The van der Waals surface area contributed by atoms with E-state index in [9.17, 15) is 0 Å². The van der Waals surface area contributed by atoms with E-state index < -0.39 is 0 Å². The van der Waals surface area contributed by atoms with Crippen LogP contribution in [0.2, 0.25) is 5.15 Å². The van der Waals surface area contributed by atoms with Gasteiger partial charge in [0.15, 0.2) is 0 Å². The average molecular weight is 221 g/mol. The topological polar surface area (TPSA) is 37.9 Å². The molecule has 76 valence electrons. The van der Waals surface area contributed by atoms with Gasteiger partial charge in [0.05, 0.1) is 18.2 Å². The number of para-hydroxylation sites is 1. The SMILES string of the molecule is COc1cccc2c(C#N)c(Cl)n(C)c12. The molecule has 0 aliphatic rings. The second-order valence-electron chi connectivity index (χ2n) is 3.19. The van der Waals surface area contributed by atoms with E-state index in [-0.39, 0.29) is 0 Å². The number of aromatic nitrogens is 1. The molecule has 4 heteroatoms. The van der Waals surface area contributed by atoms with Gasteiger partial charge in [0.1, 0.15) is 17.0 Å². The molecule has 3 nitrogen and oxygen atoms in total. The van der Waals surface area contributed by atoms with Gasteiger partial charge in [0.2, 0.25) is 0 Å². The standard InChI is InChI=1S/C11H9ClN2O/c1-14-10-7(8(6-13)11(14)12)4-3-5-9(10)15-2/h3-5H,1-2H3. The highest BCUT2D eigenvalue weighted by molar-refractivity contribution is 6.32. The third-order valence-electron chi connectivity index (χ3n) is 2.44. The molecule has 0 radical (unpaired) electrons. The molecule has 1 aromatic carbocycles. The van der Waals surface area contributed by atoms with Crippen LogP contribution in [0.4, 0.5) is 0 Å². The van der Waals surface area contributed by atoms with Crippen molar-refractivity contribution in [1.29, 1.82) is 5.26 Å². The summed E-state index contributed by atoms with van der Waals surface area (Å²) in [6, 6.07) is 7.66. The summed E-state index contributed by atoms with van der Waals surface area (Å²) < 4.78 is 6.99. The van der Waals surface area contributed by atoms with Gasteiger partial charge in [0, 0.05) is 12.4 Å². The molecule has 0 N–H and O–H groups in total. The maximum atomic E-state index is 9.00. The number of methoxy groups -OCH3 is 1. The van der Waals surface area contributed by atoms with Gasteiger partial charge in [-0.15, -0.1) is 0 Å². The molecule has 1 heterocycles. The van der Waals surface area contributed by atoms with Crippen LogP contribution >= 0.6 is 11.6 Å². The first-order valence-electron chi connectivity index (χ1n) is 4.41. The first-order valence-corrected chi connectivity index (χ1v) is 4.79. The zero-order valence-electron chi connectivity index (χ0n) is 8.41. The molecule has 0 saturated carbocycles. The Kier molecular flexibility index (Phi) is 2.29. The molecular weight excluding hydrogens is 212 g/mol. The summed E-state index contributed by atoms with van der Waals surface area (Å²) in [6.45, 7) is 0. The van der Waals surface area contributed by atoms with Crippen molar-refractivity contribution in [2.24, 2.45) is 7.05 Å². The number of aryl methyl sites for hydroxylation is 1. The fraction of sp³-hybridized carbons (Fsp3) is 0.182. The number of hydrogen-bond acceptors (Lipinski definition) is 2. The van der Waals surface area contributed by atoms with Crippen molar-refractivity contribution in [3.63, 3.8) is 0 Å². The molecular formula is C11H9ClN2O. The highest BCUT2D eigenvalue weighted by Crippen LogP contribution is 2.33. The third-order valence-corrected chi connectivity index (χ3v) is 2.88. The van der Waals surface area contributed by atoms with Gasteiger partial charge in [-0.25, -0.2) is 0 Å². The predicted octanol–water partition coefficient (Wildman–Crippen LogP) is 2.71. The van der Waals surface area contributed by atoms with Crippen LogP contribution in [0.25, 0.3) is 10.9 Å². The minimum Gasteiger partial charge on any atom is -0.495 e. The highest BCUT2D eigenvalue weighted by atomic mass is 35.5. The van der Waals surface area contributed by atoms with Crippen LogP contribution < -0.4 is 4.74 Å². The van der Waals surface area contributed by atoms with Gasteiger partial charge < -0.3 is 9.30 Å². The molecule has 0 amide bonds. The van der Waals surface area contributed by atoms with Crippen molar-refractivity contribution in [3.8, 4) is 11.8 Å². The van der Waals surface area contributed by atoms with Crippen molar-refractivity contribution >= 4 is 22.5 Å². The number of halogens is 1. The fourth-order valence-corrected chi connectivity index (χ4v) is 1.95. The van der Waals surface area contributed by atoms with Crippen molar-refractivity contribution in [1.82, 2.24) is 4.57 Å². The van der Waals surface area contributed by atoms with E-state index in [0.29, 0.717) is 10.7 Å². The van der Waals surface area contributed by atoms with Gasteiger partial charge in [-0.2, -0.15) is 5.26 Å². The van der Waals surface area contributed by atoms with Crippen molar-refractivity contribution < 1.29 is 4.74 Å². The monoisotopic (exact) mass is 220 g/mol. The normalized spacial score (nSPS) is 10.3. The number of rotatable bonds is 1. The van der Waals surface area contributed by atoms with E-state index in [2.05, 4.69) is 6.07 Å². The molecule has 0 atom stereocenters. The van der Waals surface area contributed by atoms with E-state index in [4.69, 9.17) is 21.6 Å². The number of nitriles is 1. The van der Waals surface area contributed by atoms with Crippen LogP contribution in [0.3, 0.4) is 0 Å². The van der Waals surface area contributed by atoms with E-state index in [1.165, 1.54) is 0 Å². The van der Waals surface area contributed by atoms with Gasteiger partial charge in [-0.05, 0) is 6.07 Å². The Morgan fingerprint density at radius 1 is 1.47 bits per heavy atom. The van der Waals surface area contributed by atoms with Gasteiger partial charge >= 0.3 is 0 Å². The van der Waals surface area contributed by atoms with Gasteiger partial charge in [0.25, 0.3) is 0 Å². The number of benzene rings is 1. The first-order chi connectivity index (χ1) is 7.20. The van der Waals surface area contributed by atoms with Crippen molar-refractivity contribution in [3.05, 3.63) is 28.9 Å². The van der Waals surface area contributed by atoms with Crippen molar-refractivity contribution in [2.75, 3.05) is 7.11 Å². The van der Waals surface area contributed by atoms with Crippen LogP contribution in [0.5, 0.6) is 5.75 Å². The quantitative estimate of drug-likeness (QED) is 0.741. The van der Waals surface area contributed by atoms with E-state index >= 15 is 0 Å². The Bertz CT molecular complexity index is 566. The molecule has 0 aliphatic heterocycles. The molecule has 2 aromatic rings. The van der Waals surface area contributed by atoms with E-state index in [1.54, 1.807) is 11.7 Å². The molecule has 0 bridgehead atoms. The molecule has 0 aliphatic carbocycles. The zero-order chi connectivity index (χ0) is 11.0. The summed E-state index contributed by atoms with van der Waals surface area (Å²) in [5, 5.41) is 10.3. The lowest BCUT2D eigenvalue weighted by Crippen LogP contribution is -1.90. The average Bonchev–Trinajstić information content (AvgIpc) is 2.51. The van der Waals surface area contributed by atoms with Crippen LogP contribution in [0, 0.1) is 11.3 Å². The molecule has 0 spiro atoms. The lowest BCUT2D eigenvalue weighted by molar-refractivity contribution is 0.418. The lowest BCUT2D eigenvalue weighted by atomic mass is 10.2. The smallest absolute Gasteiger partial charge is 0.143 e. The summed E-state index contributed by atoms with van der Waals surface area (Å²) in [4.78, 5) is 0. The van der Waals surface area contributed by atoms with Gasteiger partial charge in [-0.1, -0.05) is 23.7 Å². The van der Waals surface area contributed by atoms with Crippen molar-refractivity contribution in [2.45, 2.75) is 0 Å². The molecule has 15 heavy (non-hydrogen) atoms. The van der Waals surface area contributed by atoms with Crippen LogP contribution in [0.1, 0.15) is 5.56 Å². The number of nitrogens with zero attached hydrogens (tertiary/aromatic N) is 2. The molecule has 1 aromatic heterocycles. The summed E-state index contributed by atoms with van der Waals surface area (Å²) in [5.41, 5.74) is 1.34. The lowest BCUT2D eigenvalue weighted by Gasteiger charge is -2.03. The Hall–Kier alpha value is -1.66. The van der Waals surface area contributed by atoms with Gasteiger partial charge in [-0.3, -0.25) is 0 Å². The third kappa shape index (κ3) is 1.26. The number of hydrogen-bond donors (Lipinski definition) is 0. The summed E-state index contributed by atoms with van der Waals surface area (Å²) in [6.07, 6.45) is 0. The minimum absolute atomic E-state index is 0.442. The summed E-state index contributed by atoms with van der Waals surface area (Å²) in [7, 11) is 3.41. The molecule has 0 unspecified atom stereocenters. The second kappa shape index (κ2) is 3.48. The summed E-state index contributed by atoms with van der Waals surface area (Å²) in [5.74, 6) is 0.721. The predicted molar refractivity (Wildman–Crippen MR) is 59.2 cm³/mol. The Labute approximate surface area is 92.4 Å². The second-order valence-corrected chi connectivity index (χ2v) is 3.55. The molecule has 0 saturated heterocycles. The van der Waals surface area contributed by atoms with Crippen LogP contribution in [-0.2, 0) is 7.05 Å². The van der Waals surface area contributed by atoms with E-state index in [1.807, 2.05) is 25.2 Å². The zero-order valence-corrected chi connectivity index (χ0v) is 9.17. The Morgan fingerprint density at radius 2 is 2.20 bits per heavy atom. The fourth-order valence-electron chi connectivity index (χ4n) is 1.72. The largest absolute Gasteiger partial charge is 0.495 e. The van der Waals surface area contributed by atoms with Crippen LogP contribution in [0.15, 0.2) is 18.2 Å². The summed E-state index contributed by atoms with van der Waals surface area (Å²) >= 11 is 6.05. The number of fused-ring (bicyclic) bond motifs is 1. The Balaban J connectivity index is 2.98.